The summed E-state index contributed by atoms with van der Waals surface area (Å²) in [5, 5.41) is 32.3. The number of rotatable bonds is 12. The molecule has 4 N–H and O–H groups in total. The molecule has 0 aliphatic rings. The van der Waals surface area contributed by atoms with E-state index in [1.54, 1.807) is 0 Å². The molecule has 0 amide bonds. The summed E-state index contributed by atoms with van der Waals surface area (Å²) < 4.78 is 15.0. The molecule has 0 saturated carbocycles. The summed E-state index contributed by atoms with van der Waals surface area (Å²) in [6, 6.07) is 0. The normalized spacial score (nSPS) is 10.2. The number of aliphatic hydroxyl groups excluding tert-OH is 2. The Morgan fingerprint density at radius 3 is 1.19 bits per heavy atom. The lowest BCUT2D eigenvalue weighted by atomic mass is 10.5. The van der Waals surface area contributed by atoms with Gasteiger partial charge in [-0.05, 0) is 0 Å². The van der Waals surface area contributed by atoms with Gasteiger partial charge in [-0.2, -0.15) is 0 Å². The van der Waals surface area contributed by atoms with E-state index in [1.165, 1.54) is 0 Å². The Kier molecular flexibility index (Phi) is 19.2. The minimum Gasteiger partial charge on any atom is -0.478 e. The number of hydrogen-bond donors (Lipinski definition) is 4. The zero-order chi connectivity index (χ0) is 16.3. The first kappa shape index (κ1) is 21.8. The maximum atomic E-state index is 9.55. The summed E-state index contributed by atoms with van der Waals surface area (Å²) in [6.45, 7) is 2.76. The zero-order valence-electron chi connectivity index (χ0n) is 11.6. The van der Waals surface area contributed by atoms with Crippen LogP contribution in [0.5, 0.6) is 0 Å². The maximum Gasteiger partial charge on any atom is 0.328 e. The van der Waals surface area contributed by atoms with E-state index in [1.807, 2.05) is 0 Å². The monoisotopic (exact) mass is 310 g/mol. The van der Waals surface area contributed by atoms with Gasteiger partial charge in [0.15, 0.2) is 0 Å². The summed E-state index contributed by atoms with van der Waals surface area (Å²) in [5.74, 6) is -2.51. The van der Waals surface area contributed by atoms with Crippen LogP contribution in [0.25, 0.3) is 0 Å². The molecule has 0 aromatic carbocycles. The van der Waals surface area contributed by atoms with Crippen molar-refractivity contribution in [2.24, 2.45) is 0 Å². The summed E-state index contributed by atoms with van der Waals surface area (Å²) >= 11 is 0. The van der Waals surface area contributed by atoms with Crippen molar-refractivity contribution in [2.45, 2.75) is 0 Å². The minimum atomic E-state index is -1.26. The summed E-state index contributed by atoms with van der Waals surface area (Å²) in [7, 11) is 0. The molecule has 0 aliphatic carbocycles. The van der Waals surface area contributed by atoms with Crippen molar-refractivity contribution in [1.82, 2.24) is 0 Å². The van der Waals surface area contributed by atoms with Crippen LogP contribution in [0, 0.1) is 0 Å². The molecular formula is C12H22O9. The molecule has 9 heteroatoms. The van der Waals surface area contributed by atoms with E-state index in [0.717, 1.165) is 0 Å². The zero-order valence-corrected chi connectivity index (χ0v) is 11.6. The van der Waals surface area contributed by atoms with Gasteiger partial charge in [-0.25, -0.2) is 9.59 Å². The third-order valence-corrected chi connectivity index (χ3v) is 1.58. The molecule has 0 saturated heterocycles. The van der Waals surface area contributed by atoms with Crippen molar-refractivity contribution < 1.29 is 44.2 Å². The van der Waals surface area contributed by atoms with E-state index in [2.05, 4.69) is 0 Å². The Morgan fingerprint density at radius 1 is 0.667 bits per heavy atom. The Morgan fingerprint density at radius 2 is 0.952 bits per heavy atom. The molecule has 0 bridgehead atoms. The molecule has 0 unspecified atom stereocenters. The number of aliphatic carboxylic acids is 2. The van der Waals surface area contributed by atoms with Crippen molar-refractivity contribution in [2.75, 3.05) is 52.9 Å². The first-order valence-electron chi connectivity index (χ1n) is 6.13. The summed E-state index contributed by atoms with van der Waals surface area (Å²) in [5.41, 5.74) is 0. The highest BCUT2D eigenvalue weighted by atomic mass is 16.5. The van der Waals surface area contributed by atoms with Gasteiger partial charge in [0.2, 0.25) is 0 Å². The van der Waals surface area contributed by atoms with E-state index >= 15 is 0 Å². The lowest BCUT2D eigenvalue weighted by molar-refractivity contribution is -0.134. The average molecular weight is 310 g/mol. The first-order chi connectivity index (χ1) is 10.0. The topological polar surface area (TPSA) is 143 Å². The fourth-order valence-corrected chi connectivity index (χ4v) is 0.814. The van der Waals surface area contributed by atoms with Crippen LogP contribution < -0.4 is 0 Å². The summed E-state index contributed by atoms with van der Waals surface area (Å²) in [4.78, 5) is 19.1. The van der Waals surface area contributed by atoms with Gasteiger partial charge in [0.05, 0.1) is 52.9 Å². The van der Waals surface area contributed by atoms with E-state index in [4.69, 9.17) is 34.6 Å². The van der Waals surface area contributed by atoms with Crippen molar-refractivity contribution in [3.63, 3.8) is 0 Å². The number of carboxylic acids is 2. The fourth-order valence-electron chi connectivity index (χ4n) is 0.814. The predicted molar refractivity (Wildman–Crippen MR) is 71.0 cm³/mol. The second kappa shape index (κ2) is 18.5. The Balaban J connectivity index is 0. The quantitative estimate of drug-likeness (QED) is 0.256. The van der Waals surface area contributed by atoms with Gasteiger partial charge in [-0.3, -0.25) is 0 Å². The predicted octanol–water partition coefficient (Wildman–Crippen LogP) is -1.27. The molecule has 0 fully saturated rings. The highest BCUT2D eigenvalue weighted by molar-refractivity contribution is 5.89. The van der Waals surface area contributed by atoms with Crippen LogP contribution >= 0.6 is 0 Å². The first-order valence-corrected chi connectivity index (χ1v) is 6.13. The highest BCUT2D eigenvalue weighted by Crippen LogP contribution is 1.80. The lowest BCUT2D eigenvalue weighted by Gasteiger charge is -2.04. The van der Waals surface area contributed by atoms with E-state index in [-0.39, 0.29) is 13.2 Å². The molecule has 0 radical (unpaired) electrons. The molecule has 124 valence electrons. The number of aliphatic hydroxyl groups is 2. The number of carboxylic acid groups (broad SMARTS) is 2. The summed E-state index contributed by atoms with van der Waals surface area (Å²) in [6.07, 6.45) is 1.12. The van der Waals surface area contributed by atoms with Gasteiger partial charge in [0.1, 0.15) is 0 Å². The standard InChI is InChI=1S/C8H18O5.C4H4O4/c9-1-3-11-5-7-13-8-6-12-4-2-10;5-3(6)1-2-4(7)8/h9-10H,1-8H2;1-2H,(H,5,6)(H,7,8). The Hall–Kier alpha value is -1.52. The third-order valence-electron chi connectivity index (χ3n) is 1.58. The van der Waals surface area contributed by atoms with Gasteiger partial charge in [0, 0.05) is 12.2 Å². The molecule has 0 aliphatic heterocycles. The molecule has 0 heterocycles. The fraction of sp³-hybridized carbons (Fsp3) is 0.667. The van der Waals surface area contributed by atoms with Crippen molar-refractivity contribution in [3.05, 3.63) is 12.2 Å². The number of hydrogen-bond acceptors (Lipinski definition) is 7. The molecule has 9 nitrogen and oxygen atoms in total. The smallest absolute Gasteiger partial charge is 0.328 e. The van der Waals surface area contributed by atoms with Gasteiger partial charge in [-0.1, -0.05) is 0 Å². The number of ether oxygens (including phenoxy) is 3. The van der Waals surface area contributed by atoms with Crippen molar-refractivity contribution in [1.29, 1.82) is 0 Å². The van der Waals surface area contributed by atoms with E-state index in [0.29, 0.717) is 51.8 Å². The molecule has 0 atom stereocenters. The molecule has 21 heavy (non-hydrogen) atoms. The SMILES string of the molecule is O=C(O)C=CC(=O)O.OCCOCCOCCOCCO. The maximum absolute atomic E-state index is 9.55. The van der Waals surface area contributed by atoms with Crippen LogP contribution in [0.4, 0.5) is 0 Å². The van der Waals surface area contributed by atoms with Crippen LogP contribution in [0.2, 0.25) is 0 Å². The van der Waals surface area contributed by atoms with Crippen LogP contribution in [0.15, 0.2) is 12.2 Å². The van der Waals surface area contributed by atoms with Crippen LogP contribution in [-0.2, 0) is 23.8 Å². The number of carbonyl (C=O) groups is 2. The van der Waals surface area contributed by atoms with Crippen molar-refractivity contribution >= 4 is 11.9 Å². The largest absolute Gasteiger partial charge is 0.478 e. The van der Waals surface area contributed by atoms with Crippen LogP contribution in [-0.4, -0.2) is 85.2 Å². The van der Waals surface area contributed by atoms with Crippen LogP contribution in [0.1, 0.15) is 0 Å². The van der Waals surface area contributed by atoms with E-state index < -0.39 is 11.9 Å². The Labute approximate surface area is 122 Å². The lowest BCUT2D eigenvalue weighted by Crippen LogP contribution is -2.11. The molecule has 0 spiro atoms. The molecule has 0 rings (SSSR count). The highest BCUT2D eigenvalue weighted by Gasteiger charge is 1.90. The third kappa shape index (κ3) is 27.6. The van der Waals surface area contributed by atoms with E-state index in [9.17, 15) is 9.59 Å². The average Bonchev–Trinajstić information content (AvgIpc) is 2.44. The van der Waals surface area contributed by atoms with Gasteiger partial charge < -0.3 is 34.6 Å². The van der Waals surface area contributed by atoms with Crippen LogP contribution in [0.3, 0.4) is 0 Å². The van der Waals surface area contributed by atoms with Gasteiger partial charge in [0.25, 0.3) is 0 Å². The minimum absolute atomic E-state index is 0.0413. The van der Waals surface area contributed by atoms with Gasteiger partial charge >= 0.3 is 11.9 Å². The molecule has 0 aromatic heterocycles. The van der Waals surface area contributed by atoms with Crippen molar-refractivity contribution in [3.8, 4) is 0 Å². The van der Waals surface area contributed by atoms with Gasteiger partial charge in [-0.15, -0.1) is 0 Å². The second-order valence-corrected chi connectivity index (χ2v) is 3.29. The second-order valence-electron chi connectivity index (χ2n) is 3.29. The molecule has 0 aromatic rings. The Bertz CT molecular complexity index is 252. The molecular weight excluding hydrogens is 288 g/mol.